The molecule has 1 fully saturated rings. The highest BCUT2D eigenvalue weighted by Crippen LogP contribution is 2.37. The van der Waals surface area contributed by atoms with Crippen LogP contribution in [0.3, 0.4) is 0 Å². The van der Waals surface area contributed by atoms with Gasteiger partial charge in [0.2, 0.25) is 5.78 Å². The van der Waals surface area contributed by atoms with Gasteiger partial charge in [-0.25, -0.2) is 0 Å². The van der Waals surface area contributed by atoms with E-state index >= 15 is 8.78 Å². The van der Waals surface area contributed by atoms with Crippen LogP contribution in [0, 0.1) is 0 Å². The summed E-state index contributed by atoms with van der Waals surface area (Å²) in [7, 11) is 0. The second kappa shape index (κ2) is 16.9. The number of rotatable bonds is 19. The lowest BCUT2D eigenvalue weighted by molar-refractivity contribution is -0.298. The topological polar surface area (TPSA) is 63.2 Å². The fraction of sp³-hybridized carbons (Fsp3) is 0.960. The first-order valence-corrected chi connectivity index (χ1v) is 12.8. The number of alkyl halides is 2. The molecule has 196 valence electrons. The van der Waals surface area contributed by atoms with E-state index in [-0.39, 0.29) is 13.2 Å². The molecular weight excluding hydrogens is 434 g/mol. The highest BCUT2D eigenvalue weighted by atomic mass is 19.3. The summed E-state index contributed by atoms with van der Waals surface area (Å²) in [5.41, 5.74) is 0. The number of hydrogen-bond acceptors (Lipinski definition) is 6. The van der Waals surface area contributed by atoms with E-state index in [4.69, 9.17) is 23.7 Å². The quantitative estimate of drug-likeness (QED) is 0.232. The van der Waals surface area contributed by atoms with Crippen molar-refractivity contribution in [3.63, 3.8) is 0 Å². The van der Waals surface area contributed by atoms with Gasteiger partial charge in [-0.1, -0.05) is 53.4 Å². The van der Waals surface area contributed by atoms with E-state index in [0.29, 0.717) is 26.2 Å². The van der Waals surface area contributed by atoms with Crippen molar-refractivity contribution in [2.24, 2.45) is 0 Å². The number of ether oxygens (including phenoxy) is 5. The number of carbonyl (C=O) groups excluding carboxylic acids is 1. The molecule has 0 aromatic rings. The lowest BCUT2D eigenvalue weighted by Gasteiger charge is -2.47. The first-order chi connectivity index (χ1) is 15.8. The standard InChI is InChI=1S/C25H46F2O6/c1-6-10-14-29-18-20-21(30-15-11-7-2)22(31-16-12-8-3)23(32-17-13-9-4)24(33-20)25(26,27)19(5)28/h20-24H,6-18H2,1-5H3/t20-,21+,22+,23-,24-/m1/s1. The molecule has 0 N–H and O–H groups in total. The van der Waals surface area contributed by atoms with Gasteiger partial charge >= 0.3 is 5.92 Å². The summed E-state index contributed by atoms with van der Waals surface area (Å²) in [6.45, 7) is 10.8. The number of Topliss-reactive ketones (excluding diaryl/α,β-unsaturated/α-hetero) is 1. The van der Waals surface area contributed by atoms with Gasteiger partial charge in [-0.2, -0.15) is 8.78 Å². The first-order valence-electron chi connectivity index (χ1n) is 12.8. The molecule has 0 saturated carbocycles. The van der Waals surface area contributed by atoms with E-state index in [1.807, 2.05) is 13.8 Å². The number of hydrogen-bond donors (Lipinski definition) is 0. The molecule has 1 aliphatic rings. The molecule has 0 aromatic heterocycles. The lowest BCUT2D eigenvalue weighted by Crippen LogP contribution is -2.66. The summed E-state index contributed by atoms with van der Waals surface area (Å²) in [6.07, 6.45) is 1.77. The van der Waals surface area contributed by atoms with E-state index < -0.39 is 42.2 Å². The van der Waals surface area contributed by atoms with Gasteiger partial charge in [0.15, 0.2) is 6.10 Å². The molecule has 0 aliphatic carbocycles. The normalized spacial score (nSPS) is 26.0. The van der Waals surface area contributed by atoms with Crippen molar-refractivity contribution in [1.29, 1.82) is 0 Å². The Morgan fingerprint density at radius 3 is 1.70 bits per heavy atom. The van der Waals surface area contributed by atoms with Gasteiger partial charge in [-0.05, 0) is 25.7 Å². The third-order valence-electron chi connectivity index (χ3n) is 5.81. The third-order valence-corrected chi connectivity index (χ3v) is 5.81. The summed E-state index contributed by atoms with van der Waals surface area (Å²) in [5, 5.41) is 0. The Morgan fingerprint density at radius 2 is 1.21 bits per heavy atom. The van der Waals surface area contributed by atoms with Crippen LogP contribution >= 0.6 is 0 Å². The number of halogens is 2. The van der Waals surface area contributed by atoms with E-state index in [1.165, 1.54) is 0 Å². The Labute approximate surface area is 199 Å². The largest absolute Gasteiger partial charge is 0.379 e. The Bertz CT molecular complexity index is 519. The second-order valence-corrected chi connectivity index (χ2v) is 8.77. The van der Waals surface area contributed by atoms with Crippen LogP contribution in [0.2, 0.25) is 0 Å². The van der Waals surface area contributed by atoms with Crippen LogP contribution in [0.5, 0.6) is 0 Å². The first kappa shape index (κ1) is 30.4. The predicted molar refractivity (Wildman–Crippen MR) is 124 cm³/mol. The van der Waals surface area contributed by atoms with Gasteiger partial charge in [-0.3, -0.25) is 4.79 Å². The zero-order chi connectivity index (χ0) is 24.7. The van der Waals surface area contributed by atoms with E-state index in [2.05, 4.69) is 13.8 Å². The van der Waals surface area contributed by atoms with Crippen LogP contribution in [-0.4, -0.2) is 75.3 Å². The molecule has 0 aromatic carbocycles. The van der Waals surface area contributed by atoms with Crippen LogP contribution in [-0.2, 0) is 28.5 Å². The Balaban J connectivity index is 3.26. The molecule has 33 heavy (non-hydrogen) atoms. The van der Waals surface area contributed by atoms with Gasteiger partial charge in [0, 0.05) is 33.4 Å². The van der Waals surface area contributed by atoms with Crippen molar-refractivity contribution in [3.05, 3.63) is 0 Å². The monoisotopic (exact) mass is 480 g/mol. The average molecular weight is 481 g/mol. The molecular formula is C25H46F2O6. The summed E-state index contributed by atoms with van der Waals surface area (Å²) < 4.78 is 60.1. The molecule has 1 heterocycles. The van der Waals surface area contributed by atoms with Gasteiger partial charge in [0.1, 0.15) is 24.4 Å². The van der Waals surface area contributed by atoms with Crippen LogP contribution in [0.25, 0.3) is 0 Å². The predicted octanol–water partition coefficient (Wildman–Crippen LogP) is 5.35. The third kappa shape index (κ3) is 9.84. The van der Waals surface area contributed by atoms with Gasteiger partial charge in [-0.15, -0.1) is 0 Å². The van der Waals surface area contributed by atoms with Gasteiger partial charge < -0.3 is 23.7 Å². The Morgan fingerprint density at radius 1 is 0.758 bits per heavy atom. The highest BCUT2D eigenvalue weighted by molar-refractivity contribution is 5.84. The number of ketones is 1. The van der Waals surface area contributed by atoms with Crippen molar-refractivity contribution in [2.75, 3.05) is 33.0 Å². The summed E-state index contributed by atoms with van der Waals surface area (Å²) in [5.74, 6) is -4.96. The maximum Gasteiger partial charge on any atom is 0.333 e. The van der Waals surface area contributed by atoms with Crippen LogP contribution in [0.15, 0.2) is 0 Å². The van der Waals surface area contributed by atoms with E-state index in [1.54, 1.807) is 0 Å². The minimum atomic E-state index is -3.71. The molecule has 8 heteroatoms. The average Bonchev–Trinajstić information content (AvgIpc) is 2.78. The maximum absolute atomic E-state index is 15.1. The zero-order valence-electron chi connectivity index (χ0n) is 21.3. The van der Waals surface area contributed by atoms with Crippen molar-refractivity contribution in [1.82, 2.24) is 0 Å². The second-order valence-electron chi connectivity index (χ2n) is 8.77. The van der Waals surface area contributed by atoms with Crippen molar-refractivity contribution < 1.29 is 37.3 Å². The molecule has 0 bridgehead atoms. The molecule has 0 amide bonds. The SMILES string of the molecule is CCCCOC[C@H]1O[C@@H](C(F)(F)C(C)=O)[C@H](OCCCC)[C@@H](OCCCC)[C@H]1OCCCC. The molecule has 0 unspecified atom stereocenters. The molecule has 0 radical (unpaired) electrons. The van der Waals surface area contributed by atoms with Crippen LogP contribution < -0.4 is 0 Å². The maximum atomic E-state index is 15.1. The molecule has 0 spiro atoms. The van der Waals surface area contributed by atoms with E-state index in [9.17, 15) is 4.79 Å². The summed E-state index contributed by atoms with van der Waals surface area (Å²) in [4.78, 5) is 11.9. The van der Waals surface area contributed by atoms with Gasteiger partial charge in [0.05, 0.1) is 6.61 Å². The zero-order valence-corrected chi connectivity index (χ0v) is 21.3. The van der Waals surface area contributed by atoms with Gasteiger partial charge in [0.25, 0.3) is 0 Å². The van der Waals surface area contributed by atoms with E-state index in [0.717, 1.165) is 51.9 Å². The lowest BCUT2D eigenvalue weighted by atomic mass is 9.89. The minimum Gasteiger partial charge on any atom is -0.379 e. The molecule has 1 rings (SSSR count). The number of unbranched alkanes of at least 4 members (excludes halogenated alkanes) is 4. The van der Waals surface area contributed by atoms with Crippen molar-refractivity contribution in [2.45, 2.75) is 122 Å². The fourth-order valence-electron chi connectivity index (χ4n) is 3.65. The fourth-order valence-corrected chi connectivity index (χ4v) is 3.65. The van der Waals surface area contributed by atoms with Crippen molar-refractivity contribution >= 4 is 5.78 Å². The summed E-state index contributed by atoms with van der Waals surface area (Å²) in [6, 6.07) is 0. The number of carbonyl (C=O) groups is 1. The van der Waals surface area contributed by atoms with Crippen LogP contribution in [0.4, 0.5) is 8.78 Å². The minimum absolute atomic E-state index is 0.0938. The summed E-state index contributed by atoms with van der Waals surface area (Å²) >= 11 is 0. The Hall–Kier alpha value is -0.670. The molecule has 1 saturated heterocycles. The van der Waals surface area contributed by atoms with Crippen molar-refractivity contribution in [3.8, 4) is 0 Å². The molecule has 6 nitrogen and oxygen atoms in total. The Kier molecular flexibility index (Phi) is 15.5. The molecule has 5 atom stereocenters. The van der Waals surface area contributed by atoms with Crippen LogP contribution in [0.1, 0.15) is 86.0 Å². The highest BCUT2D eigenvalue weighted by Gasteiger charge is 2.59. The molecule has 1 aliphatic heterocycles. The smallest absolute Gasteiger partial charge is 0.333 e.